The first-order valence-electron chi connectivity index (χ1n) is 6.11. The maximum absolute atomic E-state index is 2.36. The molecule has 0 atom stereocenters. The zero-order chi connectivity index (χ0) is 11.6. The third-order valence-corrected chi connectivity index (χ3v) is 2.50. The van der Waals surface area contributed by atoms with E-state index in [0.717, 1.165) is 6.54 Å². The molecular formula is C14H24N2+2. The molecule has 2 heteroatoms. The summed E-state index contributed by atoms with van der Waals surface area (Å²) in [7, 11) is 4.41. The Morgan fingerprint density at radius 3 is 2.62 bits per heavy atom. The van der Waals surface area contributed by atoms with E-state index < -0.39 is 0 Å². The van der Waals surface area contributed by atoms with Crippen LogP contribution in [0, 0.1) is 0 Å². The fourth-order valence-corrected chi connectivity index (χ4v) is 1.58. The highest BCUT2D eigenvalue weighted by Gasteiger charge is 1.93. The Bertz CT molecular complexity index is 291. The number of hydrogen-bond acceptors (Lipinski definition) is 0. The molecule has 0 spiro atoms. The molecule has 88 valence electrons. The van der Waals surface area contributed by atoms with Gasteiger partial charge in [-0.1, -0.05) is 36.4 Å². The van der Waals surface area contributed by atoms with Crippen molar-refractivity contribution in [3.05, 3.63) is 42.0 Å². The summed E-state index contributed by atoms with van der Waals surface area (Å²) < 4.78 is 0. The minimum atomic E-state index is 1.08. The molecule has 0 radical (unpaired) electrons. The van der Waals surface area contributed by atoms with Crippen molar-refractivity contribution >= 4 is 6.08 Å². The van der Waals surface area contributed by atoms with Crippen LogP contribution in [0.2, 0.25) is 0 Å². The first-order valence-corrected chi connectivity index (χ1v) is 6.11. The predicted molar refractivity (Wildman–Crippen MR) is 69.4 cm³/mol. The fraction of sp³-hybridized carbons (Fsp3) is 0.429. The Labute approximate surface area is 99.0 Å². The van der Waals surface area contributed by atoms with Crippen molar-refractivity contribution in [2.75, 3.05) is 33.7 Å². The number of nitrogens with two attached hydrogens (primary N) is 1. The van der Waals surface area contributed by atoms with E-state index in [-0.39, 0.29) is 0 Å². The molecule has 0 heterocycles. The summed E-state index contributed by atoms with van der Waals surface area (Å²) >= 11 is 0. The summed E-state index contributed by atoms with van der Waals surface area (Å²) in [5.74, 6) is 0. The molecule has 0 aromatic heterocycles. The van der Waals surface area contributed by atoms with Crippen LogP contribution in [0.1, 0.15) is 12.0 Å². The van der Waals surface area contributed by atoms with Crippen molar-refractivity contribution in [2.45, 2.75) is 6.42 Å². The molecule has 0 saturated heterocycles. The van der Waals surface area contributed by atoms with Gasteiger partial charge in [0.05, 0.1) is 33.7 Å². The summed E-state index contributed by atoms with van der Waals surface area (Å²) in [4.78, 5) is 1.54. The van der Waals surface area contributed by atoms with Crippen LogP contribution in [0.5, 0.6) is 0 Å². The Balaban J connectivity index is 2.05. The lowest BCUT2D eigenvalue weighted by Gasteiger charge is -2.05. The van der Waals surface area contributed by atoms with Gasteiger partial charge in [-0.05, 0) is 11.6 Å². The van der Waals surface area contributed by atoms with Crippen molar-refractivity contribution in [1.82, 2.24) is 0 Å². The van der Waals surface area contributed by atoms with Crippen LogP contribution >= 0.6 is 0 Å². The first kappa shape index (κ1) is 12.9. The summed E-state index contributed by atoms with van der Waals surface area (Å²) in [6.07, 6.45) is 5.72. The smallest absolute Gasteiger partial charge is 0.0945 e. The molecule has 1 aromatic carbocycles. The average molecular weight is 220 g/mol. The molecule has 0 amide bonds. The molecule has 0 aliphatic rings. The summed E-state index contributed by atoms with van der Waals surface area (Å²) in [6, 6.07) is 10.5. The third-order valence-electron chi connectivity index (χ3n) is 2.50. The molecule has 0 aliphatic heterocycles. The predicted octanol–water partition coefficient (Wildman–Crippen LogP) is -0.202. The first-order chi connectivity index (χ1) is 7.79. The van der Waals surface area contributed by atoms with Gasteiger partial charge in [0.15, 0.2) is 0 Å². The van der Waals surface area contributed by atoms with Gasteiger partial charge in [0.2, 0.25) is 0 Å². The molecule has 0 saturated carbocycles. The maximum atomic E-state index is 2.36. The fourth-order valence-electron chi connectivity index (χ4n) is 1.58. The molecule has 2 nitrogen and oxygen atoms in total. The van der Waals surface area contributed by atoms with Crippen LogP contribution in [0.3, 0.4) is 0 Å². The minimum Gasteiger partial charge on any atom is -0.343 e. The van der Waals surface area contributed by atoms with Crippen molar-refractivity contribution in [2.24, 2.45) is 0 Å². The van der Waals surface area contributed by atoms with Crippen molar-refractivity contribution < 1.29 is 10.2 Å². The molecule has 0 bridgehead atoms. The van der Waals surface area contributed by atoms with Crippen LogP contribution in [0.25, 0.3) is 6.08 Å². The zero-order valence-corrected chi connectivity index (χ0v) is 10.4. The maximum Gasteiger partial charge on any atom is 0.0945 e. The Hall–Kier alpha value is -1.12. The lowest BCUT2D eigenvalue weighted by Crippen LogP contribution is -3.06. The molecule has 3 N–H and O–H groups in total. The third kappa shape index (κ3) is 6.38. The second kappa shape index (κ2) is 8.08. The number of hydrogen-bond donors (Lipinski definition) is 2. The van der Waals surface area contributed by atoms with Crippen LogP contribution in [0.15, 0.2) is 36.4 Å². The van der Waals surface area contributed by atoms with Crippen molar-refractivity contribution in [1.29, 1.82) is 0 Å². The van der Waals surface area contributed by atoms with Gasteiger partial charge < -0.3 is 10.2 Å². The Morgan fingerprint density at radius 2 is 1.94 bits per heavy atom. The summed E-state index contributed by atoms with van der Waals surface area (Å²) in [5.41, 5.74) is 1.29. The molecule has 1 aromatic rings. The van der Waals surface area contributed by atoms with Crippen LogP contribution in [-0.4, -0.2) is 33.7 Å². The van der Waals surface area contributed by atoms with E-state index in [0.29, 0.717) is 0 Å². The van der Waals surface area contributed by atoms with Crippen LogP contribution in [-0.2, 0) is 0 Å². The van der Waals surface area contributed by atoms with Gasteiger partial charge in [0, 0.05) is 6.42 Å². The molecule has 0 aliphatic carbocycles. The zero-order valence-electron chi connectivity index (χ0n) is 10.4. The normalized spacial score (nSPS) is 11.4. The van der Waals surface area contributed by atoms with E-state index in [1.807, 2.05) is 6.07 Å². The van der Waals surface area contributed by atoms with Crippen LogP contribution in [0.4, 0.5) is 0 Å². The van der Waals surface area contributed by atoms with Crippen molar-refractivity contribution in [3.8, 4) is 0 Å². The van der Waals surface area contributed by atoms with Gasteiger partial charge in [0.25, 0.3) is 0 Å². The van der Waals surface area contributed by atoms with Gasteiger partial charge in [-0.25, -0.2) is 0 Å². The van der Waals surface area contributed by atoms with Gasteiger partial charge in [-0.2, -0.15) is 0 Å². The number of benzene rings is 1. The minimum absolute atomic E-state index is 1.08. The lowest BCUT2D eigenvalue weighted by molar-refractivity contribution is -0.860. The highest BCUT2D eigenvalue weighted by atomic mass is 15.0. The highest BCUT2D eigenvalue weighted by molar-refractivity contribution is 5.48. The second-order valence-electron chi connectivity index (χ2n) is 4.44. The molecule has 1 rings (SSSR count). The van der Waals surface area contributed by atoms with Gasteiger partial charge in [-0.3, -0.25) is 0 Å². The van der Waals surface area contributed by atoms with Gasteiger partial charge in [0.1, 0.15) is 0 Å². The molecule has 16 heavy (non-hydrogen) atoms. The number of quaternary nitrogens is 2. The topological polar surface area (TPSA) is 21.1 Å². The average Bonchev–Trinajstić information content (AvgIpc) is 2.29. The summed E-state index contributed by atoms with van der Waals surface area (Å²) in [5, 5.41) is 2.36. The van der Waals surface area contributed by atoms with E-state index in [4.69, 9.17) is 0 Å². The van der Waals surface area contributed by atoms with E-state index in [1.165, 1.54) is 30.0 Å². The quantitative estimate of drug-likeness (QED) is 0.594. The molecular weight excluding hydrogens is 196 g/mol. The van der Waals surface area contributed by atoms with Gasteiger partial charge >= 0.3 is 0 Å². The highest BCUT2D eigenvalue weighted by Crippen LogP contribution is 1.99. The van der Waals surface area contributed by atoms with E-state index in [9.17, 15) is 0 Å². The van der Waals surface area contributed by atoms with Crippen molar-refractivity contribution in [3.63, 3.8) is 0 Å². The summed E-state index contributed by atoms with van der Waals surface area (Å²) in [6.45, 7) is 3.57. The molecule has 0 fully saturated rings. The van der Waals surface area contributed by atoms with E-state index in [1.54, 1.807) is 0 Å². The largest absolute Gasteiger partial charge is 0.343 e. The molecule has 0 unspecified atom stereocenters. The SMILES string of the molecule is C[NH+](C)CCC[NH2+]C/C=C/c1ccccc1. The number of rotatable bonds is 7. The van der Waals surface area contributed by atoms with Gasteiger partial charge in [-0.15, -0.1) is 0 Å². The van der Waals surface area contributed by atoms with Crippen LogP contribution < -0.4 is 10.2 Å². The Morgan fingerprint density at radius 1 is 1.19 bits per heavy atom. The standard InChI is InChI=1S/C14H22N2/c1-16(2)13-7-12-15-11-6-10-14-8-4-3-5-9-14/h3-6,8-10,15H,7,11-13H2,1-2H3/p+2/b10-6+. The van der Waals surface area contributed by atoms with E-state index in [2.05, 4.69) is 55.8 Å². The monoisotopic (exact) mass is 220 g/mol. The van der Waals surface area contributed by atoms with E-state index >= 15 is 0 Å². The number of nitrogens with one attached hydrogen (secondary N) is 1. The Kier molecular flexibility index (Phi) is 6.54. The second-order valence-corrected chi connectivity index (χ2v) is 4.44. The lowest BCUT2D eigenvalue weighted by atomic mass is 10.2.